The van der Waals surface area contributed by atoms with Crippen LogP contribution in [-0.4, -0.2) is 30.6 Å². The number of hydrogen-bond acceptors (Lipinski definition) is 3. The molecule has 0 amide bonds. The van der Waals surface area contributed by atoms with Gasteiger partial charge in [0.15, 0.2) is 0 Å². The van der Waals surface area contributed by atoms with E-state index in [9.17, 15) is 0 Å². The van der Waals surface area contributed by atoms with Crippen LogP contribution in [0.3, 0.4) is 0 Å². The molecule has 1 unspecified atom stereocenters. The number of nitrogens with zero attached hydrogens (tertiary/aromatic N) is 1. The van der Waals surface area contributed by atoms with E-state index in [0.29, 0.717) is 16.8 Å². The van der Waals surface area contributed by atoms with E-state index in [4.69, 9.17) is 17.3 Å². The number of hydrogen-bond donors (Lipinski definition) is 2. The molecule has 0 saturated carbocycles. The fourth-order valence-corrected chi connectivity index (χ4v) is 2.07. The van der Waals surface area contributed by atoms with Crippen LogP contribution >= 0.6 is 11.6 Å². The first kappa shape index (κ1) is 14.1. The monoisotopic (exact) mass is 255 g/mol. The molecule has 0 aliphatic carbocycles. The van der Waals surface area contributed by atoms with E-state index in [-0.39, 0.29) is 0 Å². The van der Waals surface area contributed by atoms with E-state index in [1.54, 1.807) is 6.07 Å². The van der Waals surface area contributed by atoms with Crippen molar-refractivity contribution in [3.8, 4) is 0 Å². The molecule has 3 N–H and O–H groups in total. The summed E-state index contributed by atoms with van der Waals surface area (Å²) < 4.78 is 0. The minimum absolute atomic E-state index is 0.357. The lowest BCUT2D eigenvalue weighted by Crippen LogP contribution is -2.34. The number of benzene rings is 1. The van der Waals surface area contributed by atoms with Crippen molar-refractivity contribution in [1.29, 1.82) is 0 Å². The van der Waals surface area contributed by atoms with Gasteiger partial charge in [0.1, 0.15) is 0 Å². The van der Waals surface area contributed by atoms with Gasteiger partial charge in [0.25, 0.3) is 0 Å². The molecular weight excluding hydrogens is 234 g/mol. The van der Waals surface area contributed by atoms with Crippen LogP contribution < -0.4 is 11.1 Å². The Labute approximate surface area is 109 Å². The second kappa shape index (κ2) is 6.72. The number of nitrogen functional groups attached to an aromatic ring is 1. The summed E-state index contributed by atoms with van der Waals surface area (Å²) in [6, 6.07) is 5.92. The van der Waals surface area contributed by atoms with E-state index in [1.807, 2.05) is 12.1 Å². The number of nitrogens with two attached hydrogens (primary N) is 1. The van der Waals surface area contributed by atoms with Crippen LogP contribution in [0.4, 0.5) is 11.4 Å². The Morgan fingerprint density at radius 2 is 2.00 bits per heavy atom. The first-order chi connectivity index (χ1) is 8.06. The van der Waals surface area contributed by atoms with E-state index < -0.39 is 0 Å². The summed E-state index contributed by atoms with van der Waals surface area (Å²) in [5.41, 5.74) is 7.30. The highest BCUT2D eigenvalue weighted by molar-refractivity contribution is 6.33. The first-order valence-corrected chi connectivity index (χ1v) is 6.48. The van der Waals surface area contributed by atoms with Crippen LogP contribution in [0.25, 0.3) is 0 Å². The zero-order chi connectivity index (χ0) is 12.8. The molecule has 1 atom stereocenters. The highest BCUT2D eigenvalue weighted by Gasteiger charge is 2.08. The van der Waals surface area contributed by atoms with E-state index in [1.165, 1.54) is 0 Å². The third-order valence-corrected chi connectivity index (χ3v) is 3.13. The summed E-state index contributed by atoms with van der Waals surface area (Å²) in [4.78, 5) is 2.38. The molecular formula is C13H22ClN3. The molecule has 4 heteroatoms. The largest absolute Gasteiger partial charge is 0.399 e. The van der Waals surface area contributed by atoms with Crippen LogP contribution in [0.2, 0.25) is 5.02 Å². The maximum Gasteiger partial charge on any atom is 0.0658 e. The molecule has 1 aromatic carbocycles. The summed E-state index contributed by atoms with van der Waals surface area (Å²) in [5, 5.41) is 4.08. The molecule has 0 saturated heterocycles. The molecule has 0 bridgehead atoms. The van der Waals surface area contributed by atoms with Gasteiger partial charge in [-0.3, -0.25) is 0 Å². The maximum absolute atomic E-state index is 6.12. The maximum atomic E-state index is 6.12. The standard InChI is InChI=1S/C13H22ClN3/c1-4-17(5-2)9-10(3)16-13-7-6-11(15)8-12(13)14/h6-8,10,16H,4-5,9,15H2,1-3H3. The molecule has 0 fully saturated rings. The van der Waals surface area contributed by atoms with E-state index in [2.05, 4.69) is 31.0 Å². The van der Waals surface area contributed by atoms with Crippen molar-refractivity contribution in [2.75, 3.05) is 30.7 Å². The number of halogens is 1. The van der Waals surface area contributed by atoms with Gasteiger partial charge in [0, 0.05) is 18.3 Å². The zero-order valence-corrected chi connectivity index (χ0v) is 11.6. The molecule has 17 heavy (non-hydrogen) atoms. The van der Waals surface area contributed by atoms with Crippen molar-refractivity contribution < 1.29 is 0 Å². The Morgan fingerprint density at radius 3 is 2.53 bits per heavy atom. The van der Waals surface area contributed by atoms with Gasteiger partial charge in [0.2, 0.25) is 0 Å². The van der Waals surface area contributed by atoms with E-state index in [0.717, 1.165) is 25.3 Å². The van der Waals surface area contributed by atoms with E-state index >= 15 is 0 Å². The third-order valence-electron chi connectivity index (χ3n) is 2.82. The Balaban J connectivity index is 2.58. The van der Waals surface area contributed by atoms with Gasteiger partial charge >= 0.3 is 0 Å². The number of rotatable bonds is 6. The lowest BCUT2D eigenvalue weighted by molar-refractivity contribution is 0.295. The van der Waals surface area contributed by atoms with Gasteiger partial charge in [-0.1, -0.05) is 25.4 Å². The minimum atomic E-state index is 0.357. The topological polar surface area (TPSA) is 41.3 Å². The lowest BCUT2D eigenvalue weighted by Gasteiger charge is -2.24. The molecule has 0 radical (unpaired) electrons. The summed E-state index contributed by atoms with van der Waals surface area (Å²) in [6.07, 6.45) is 0. The van der Waals surface area contributed by atoms with Gasteiger partial charge in [-0.25, -0.2) is 0 Å². The van der Waals surface area contributed by atoms with Crippen LogP contribution in [0, 0.1) is 0 Å². The van der Waals surface area contributed by atoms with Crippen molar-refractivity contribution in [1.82, 2.24) is 4.90 Å². The Bertz CT molecular complexity index is 351. The molecule has 0 spiro atoms. The highest BCUT2D eigenvalue weighted by Crippen LogP contribution is 2.24. The Kier molecular flexibility index (Phi) is 5.59. The van der Waals surface area contributed by atoms with Crippen LogP contribution in [0.1, 0.15) is 20.8 Å². The van der Waals surface area contributed by atoms with Crippen LogP contribution in [-0.2, 0) is 0 Å². The molecule has 0 aliphatic rings. The van der Waals surface area contributed by atoms with Crippen molar-refractivity contribution >= 4 is 23.0 Å². The van der Waals surface area contributed by atoms with Gasteiger partial charge < -0.3 is 16.0 Å². The summed E-state index contributed by atoms with van der Waals surface area (Å²) >= 11 is 6.12. The number of anilines is 2. The third kappa shape index (κ3) is 4.44. The quantitative estimate of drug-likeness (QED) is 0.768. The van der Waals surface area contributed by atoms with Crippen molar-refractivity contribution in [2.45, 2.75) is 26.8 Å². The fraction of sp³-hybridized carbons (Fsp3) is 0.538. The van der Waals surface area contributed by atoms with Gasteiger partial charge in [-0.05, 0) is 38.2 Å². The Morgan fingerprint density at radius 1 is 1.35 bits per heavy atom. The highest BCUT2D eigenvalue weighted by atomic mass is 35.5. The molecule has 3 nitrogen and oxygen atoms in total. The number of nitrogens with one attached hydrogen (secondary N) is 1. The normalized spacial score (nSPS) is 12.8. The van der Waals surface area contributed by atoms with Crippen molar-refractivity contribution in [2.24, 2.45) is 0 Å². The van der Waals surface area contributed by atoms with Crippen molar-refractivity contribution in [3.63, 3.8) is 0 Å². The molecule has 0 aliphatic heterocycles. The summed E-state index contributed by atoms with van der Waals surface area (Å²) in [7, 11) is 0. The molecule has 96 valence electrons. The van der Waals surface area contributed by atoms with Crippen molar-refractivity contribution in [3.05, 3.63) is 23.2 Å². The first-order valence-electron chi connectivity index (χ1n) is 6.10. The molecule has 0 heterocycles. The predicted molar refractivity (Wildman–Crippen MR) is 76.7 cm³/mol. The molecule has 1 aromatic rings. The summed E-state index contributed by atoms with van der Waals surface area (Å²) in [5.74, 6) is 0. The van der Waals surface area contributed by atoms with Gasteiger partial charge in [0.05, 0.1) is 10.7 Å². The second-order valence-corrected chi connectivity index (χ2v) is 4.68. The second-order valence-electron chi connectivity index (χ2n) is 4.27. The minimum Gasteiger partial charge on any atom is -0.399 e. The average molecular weight is 256 g/mol. The lowest BCUT2D eigenvalue weighted by atomic mass is 10.2. The number of likely N-dealkylation sites (N-methyl/N-ethyl adjacent to an activating group) is 1. The fourth-order valence-electron chi connectivity index (χ4n) is 1.83. The predicted octanol–water partition coefficient (Wildman–Crippen LogP) is 3.06. The SMILES string of the molecule is CCN(CC)CC(C)Nc1ccc(N)cc1Cl. The zero-order valence-electron chi connectivity index (χ0n) is 10.8. The van der Waals surface area contributed by atoms with Gasteiger partial charge in [-0.2, -0.15) is 0 Å². The molecule has 0 aromatic heterocycles. The molecule has 1 rings (SSSR count). The Hall–Kier alpha value is -0.930. The smallest absolute Gasteiger partial charge is 0.0658 e. The van der Waals surface area contributed by atoms with Gasteiger partial charge in [-0.15, -0.1) is 0 Å². The van der Waals surface area contributed by atoms with Crippen LogP contribution in [0.15, 0.2) is 18.2 Å². The average Bonchev–Trinajstić information content (AvgIpc) is 2.29. The van der Waals surface area contributed by atoms with Crippen LogP contribution in [0.5, 0.6) is 0 Å². The summed E-state index contributed by atoms with van der Waals surface area (Å²) in [6.45, 7) is 9.65.